The molecule has 2 fully saturated rings. The number of pyridine rings is 1. The fourth-order valence-electron chi connectivity index (χ4n) is 4.45. The first-order valence-electron chi connectivity index (χ1n) is 9.43. The molecule has 0 N–H and O–H groups in total. The number of hydrogen-bond donors (Lipinski definition) is 0. The summed E-state index contributed by atoms with van der Waals surface area (Å²) in [4.78, 5) is 18.3. The third kappa shape index (κ3) is 3.71. The summed E-state index contributed by atoms with van der Waals surface area (Å²) in [6.45, 7) is 4.96. The number of aromatic nitrogens is 3. The lowest BCUT2D eigenvalue weighted by atomic mass is 9.76. The molecule has 6 nitrogen and oxygen atoms in total. The summed E-state index contributed by atoms with van der Waals surface area (Å²) < 4.78 is 5.50. The number of hydrogen-bond acceptors (Lipinski definition) is 6. The molecule has 4 heterocycles. The molecule has 26 heavy (non-hydrogen) atoms. The molecule has 0 amide bonds. The Balaban J connectivity index is 1.41. The minimum Gasteiger partial charge on any atom is -0.383 e. The second kappa shape index (κ2) is 7.68. The summed E-state index contributed by atoms with van der Waals surface area (Å²) in [5, 5.41) is 0. The Morgan fingerprint density at radius 3 is 2.54 bits per heavy atom. The molecule has 0 aliphatic carbocycles. The van der Waals surface area contributed by atoms with Crippen LogP contribution in [0.2, 0.25) is 0 Å². The van der Waals surface area contributed by atoms with Crippen LogP contribution in [-0.4, -0.2) is 59.2 Å². The van der Waals surface area contributed by atoms with Gasteiger partial charge in [0.25, 0.3) is 0 Å². The van der Waals surface area contributed by atoms with E-state index in [9.17, 15) is 0 Å². The highest BCUT2D eigenvalue weighted by molar-refractivity contribution is 5.35. The number of methoxy groups -OCH3 is 1. The second-order valence-electron chi connectivity index (χ2n) is 7.59. The fraction of sp³-hybridized carbons (Fsp3) is 0.550. The topological polar surface area (TPSA) is 54.4 Å². The highest BCUT2D eigenvalue weighted by atomic mass is 16.5. The van der Waals surface area contributed by atoms with Gasteiger partial charge in [-0.2, -0.15) is 0 Å². The van der Waals surface area contributed by atoms with Crippen molar-refractivity contribution < 1.29 is 4.74 Å². The predicted molar refractivity (Wildman–Crippen MR) is 101 cm³/mol. The summed E-state index contributed by atoms with van der Waals surface area (Å²) in [6.07, 6.45) is 9.12. The number of anilines is 1. The summed E-state index contributed by atoms with van der Waals surface area (Å²) in [7, 11) is 1.78. The van der Waals surface area contributed by atoms with Crippen molar-refractivity contribution in [1.82, 2.24) is 19.9 Å². The third-order valence-electron chi connectivity index (χ3n) is 5.81. The van der Waals surface area contributed by atoms with Gasteiger partial charge in [-0.1, -0.05) is 6.07 Å². The van der Waals surface area contributed by atoms with Crippen LogP contribution in [0.1, 0.15) is 25.0 Å². The van der Waals surface area contributed by atoms with Crippen LogP contribution in [0.4, 0.5) is 5.95 Å². The molecule has 1 spiro atoms. The first-order valence-corrected chi connectivity index (χ1v) is 9.43. The SMILES string of the molecule is COC[C@@H]1CC2(CCN(Cc3ccccn3)CC2)CN1c1ncccn1. The number of piperidine rings is 1. The van der Waals surface area contributed by atoms with Gasteiger partial charge < -0.3 is 9.64 Å². The maximum absolute atomic E-state index is 5.50. The first-order chi connectivity index (χ1) is 12.8. The summed E-state index contributed by atoms with van der Waals surface area (Å²) >= 11 is 0. The van der Waals surface area contributed by atoms with Crippen molar-refractivity contribution in [3.63, 3.8) is 0 Å². The van der Waals surface area contributed by atoms with E-state index in [-0.39, 0.29) is 0 Å². The van der Waals surface area contributed by atoms with Crippen LogP contribution in [0.5, 0.6) is 0 Å². The van der Waals surface area contributed by atoms with Crippen molar-refractivity contribution in [2.45, 2.75) is 31.8 Å². The molecule has 6 heteroatoms. The normalized spacial score (nSPS) is 22.8. The largest absolute Gasteiger partial charge is 0.383 e. The van der Waals surface area contributed by atoms with Crippen LogP contribution >= 0.6 is 0 Å². The van der Waals surface area contributed by atoms with E-state index in [1.54, 1.807) is 7.11 Å². The first kappa shape index (κ1) is 17.4. The molecule has 1 atom stereocenters. The Morgan fingerprint density at radius 1 is 1.08 bits per heavy atom. The van der Waals surface area contributed by atoms with Crippen molar-refractivity contribution in [1.29, 1.82) is 0 Å². The van der Waals surface area contributed by atoms with Crippen molar-refractivity contribution in [3.05, 3.63) is 48.5 Å². The Labute approximate surface area is 155 Å². The van der Waals surface area contributed by atoms with E-state index in [4.69, 9.17) is 4.74 Å². The molecule has 4 rings (SSSR count). The van der Waals surface area contributed by atoms with E-state index in [0.29, 0.717) is 11.5 Å². The van der Waals surface area contributed by atoms with E-state index in [0.717, 1.165) is 50.8 Å². The number of ether oxygens (including phenoxy) is 1. The van der Waals surface area contributed by atoms with Crippen molar-refractivity contribution >= 4 is 5.95 Å². The van der Waals surface area contributed by atoms with E-state index < -0.39 is 0 Å². The van der Waals surface area contributed by atoms with Gasteiger partial charge in [0.1, 0.15) is 0 Å². The standard InChI is InChI=1S/C20H27N5O/c1-26-15-18-13-20(16-25(18)19-22-9-4-10-23-19)6-11-24(12-7-20)14-17-5-2-3-8-21-17/h2-5,8-10,18H,6-7,11-16H2,1H3/t18-/m0/s1. The zero-order valence-electron chi connectivity index (χ0n) is 15.4. The Kier molecular flexibility index (Phi) is 5.13. The maximum Gasteiger partial charge on any atom is 0.225 e. The van der Waals surface area contributed by atoms with Gasteiger partial charge in [-0.05, 0) is 56.0 Å². The molecule has 138 valence electrons. The van der Waals surface area contributed by atoms with Crippen LogP contribution in [0.25, 0.3) is 0 Å². The lowest BCUT2D eigenvalue weighted by Crippen LogP contribution is -2.41. The lowest BCUT2D eigenvalue weighted by molar-refractivity contribution is 0.105. The lowest BCUT2D eigenvalue weighted by Gasteiger charge is -2.39. The van der Waals surface area contributed by atoms with Gasteiger partial charge in [0.05, 0.1) is 18.3 Å². The predicted octanol–water partition coefficient (Wildman–Crippen LogP) is 2.38. The summed E-state index contributed by atoms with van der Waals surface area (Å²) in [5.41, 5.74) is 1.51. The maximum atomic E-state index is 5.50. The molecule has 0 radical (unpaired) electrons. The minimum absolute atomic E-state index is 0.350. The molecule has 2 aliphatic rings. The molecule has 2 aromatic heterocycles. The van der Waals surface area contributed by atoms with Crippen LogP contribution < -0.4 is 4.90 Å². The minimum atomic E-state index is 0.350. The highest BCUT2D eigenvalue weighted by Gasteiger charge is 2.46. The van der Waals surface area contributed by atoms with Crippen molar-refractivity contribution in [2.24, 2.45) is 5.41 Å². The highest BCUT2D eigenvalue weighted by Crippen LogP contribution is 2.44. The zero-order valence-corrected chi connectivity index (χ0v) is 15.4. The van der Waals surface area contributed by atoms with Gasteiger partial charge >= 0.3 is 0 Å². The Morgan fingerprint density at radius 2 is 1.85 bits per heavy atom. The Bertz CT molecular complexity index is 688. The summed E-state index contributed by atoms with van der Waals surface area (Å²) in [6, 6.07) is 8.39. The molecule has 0 saturated carbocycles. The van der Waals surface area contributed by atoms with Gasteiger partial charge in [-0.15, -0.1) is 0 Å². The van der Waals surface area contributed by atoms with Gasteiger partial charge in [0.2, 0.25) is 5.95 Å². The quantitative estimate of drug-likeness (QED) is 0.823. The molecule has 0 aromatic carbocycles. The fourth-order valence-corrected chi connectivity index (χ4v) is 4.45. The van der Waals surface area contributed by atoms with Crippen LogP contribution in [0, 0.1) is 5.41 Å². The van der Waals surface area contributed by atoms with Crippen LogP contribution in [0.3, 0.4) is 0 Å². The van der Waals surface area contributed by atoms with E-state index in [1.165, 1.54) is 12.8 Å². The van der Waals surface area contributed by atoms with Gasteiger partial charge in [-0.3, -0.25) is 9.88 Å². The molecular weight excluding hydrogens is 326 g/mol. The smallest absolute Gasteiger partial charge is 0.225 e. The zero-order chi connectivity index (χ0) is 17.8. The van der Waals surface area contributed by atoms with Crippen molar-refractivity contribution in [2.75, 3.05) is 38.3 Å². The van der Waals surface area contributed by atoms with Gasteiger partial charge in [0.15, 0.2) is 0 Å². The van der Waals surface area contributed by atoms with Crippen LogP contribution in [0.15, 0.2) is 42.9 Å². The molecule has 2 saturated heterocycles. The average Bonchev–Trinajstić information content (AvgIpc) is 3.04. The van der Waals surface area contributed by atoms with Gasteiger partial charge in [0, 0.05) is 38.8 Å². The third-order valence-corrected chi connectivity index (χ3v) is 5.81. The van der Waals surface area contributed by atoms with E-state index in [1.807, 2.05) is 30.7 Å². The summed E-state index contributed by atoms with van der Waals surface area (Å²) in [5.74, 6) is 0.836. The molecular formula is C20H27N5O. The van der Waals surface area contributed by atoms with Crippen LogP contribution in [-0.2, 0) is 11.3 Å². The number of nitrogens with zero attached hydrogens (tertiary/aromatic N) is 5. The molecule has 2 aromatic rings. The Hall–Kier alpha value is -2.05. The van der Waals surface area contributed by atoms with E-state index in [2.05, 4.69) is 36.9 Å². The second-order valence-corrected chi connectivity index (χ2v) is 7.59. The number of rotatable bonds is 5. The number of likely N-dealkylation sites (tertiary alicyclic amines) is 1. The van der Waals surface area contributed by atoms with Crippen molar-refractivity contribution in [3.8, 4) is 0 Å². The molecule has 0 bridgehead atoms. The van der Waals surface area contributed by atoms with E-state index >= 15 is 0 Å². The molecule has 2 aliphatic heterocycles. The monoisotopic (exact) mass is 353 g/mol. The van der Waals surface area contributed by atoms with Gasteiger partial charge in [-0.25, -0.2) is 9.97 Å². The average molecular weight is 353 g/mol. The molecule has 0 unspecified atom stereocenters.